The number of hydrogen-bond acceptors (Lipinski definition) is 2. The third kappa shape index (κ3) is 2.52. The summed E-state index contributed by atoms with van der Waals surface area (Å²) in [6, 6.07) is 15.0. The number of nitrogens with zero attached hydrogens (tertiary/aromatic N) is 2. The van der Waals surface area contributed by atoms with E-state index in [0.29, 0.717) is 5.96 Å². The highest BCUT2D eigenvalue weighted by Gasteiger charge is 2.18. The molecule has 0 fully saturated rings. The van der Waals surface area contributed by atoms with Crippen molar-refractivity contribution in [1.82, 2.24) is 5.43 Å². The SMILES string of the molecule is CN=C(N)N/N=C(\C)c1ccc2c(c1)Cc1ccccc1-2. The molecule has 3 N–H and O–H groups in total. The number of nitrogens with two attached hydrogens (primary N) is 1. The van der Waals surface area contributed by atoms with Crippen molar-refractivity contribution in [3.05, 3.63) is 59.2 Å². The molecule has 0 unspecified atom stereocenters. The average molecular weight is 278 g/mol. The second kappa shape index (κ2) is 5.40. The Labute approximate surface area is 124 Å². The van der Waals surface area contributed by atoms with Gasteiger partial charge in [0, 0.05) is 7.05 Å². The van der Waals surface area contributed by atoms with Crippen LogP contribution in [0.2, 0.25) is 0 Å². The fourth-order valence-corrected chi connectivity index (χ4v) is 2.63. The minimum atomic E-state index is 0.308. The van der Waals surface area contributed by atoms with Gasteiger partial charge in [0.05, 0.1) is 5.71 Å². The lowest BCUT2D eigenvalue weighted by Crippen LogP contribution is -2.27. The summed E-state index contributed by atoms with van der Waals surface area (Å²) in [5, 5.41) is 4.25. The highest BCUT2D eigenvalue weighted by molar-refractivity contribution is 6.00. The van der Waals surface area contributed by atoms with Gasteiger partial charge in [-0.25, -0.2) is 5.43 Å². The van der Waals surface area contributed by atoms with Gasteiger partial charge < -0.3 is 5.73 Å². The zero-order chi connectivity index (χ0) is 14.8. The van der Waals surface area contributed by atoms with E-state index in [1.54, 1.807) is 7.05 Å². The Morgan fingerprint density at radius 3 is 2.67 bits per heavy atom. The average Bonchev–Trinajstić information content (AvgIpc) is 2.89. The number of aliphatic imine (C=N–C) groups is 1. The van der Waals surface area contributed by atoms with E-state index >= 15 is 0 Å². The number of nitrogens with one attached hydrogen (secondary N) is 1. The van der Waals surface area contributed by atoms with Gasteiger partial charge in [-0.1, -0.05) is 36.4 Å². The first-order valence-electron chi connectivity index (χ1n) is 6.93. The maximum atomic E-state index is 5.58. The minimum Gasteiger partial charge on any atom is -0.369 e. The largest absolute Gasteiger partial charge is 0.369 e. The van der Waals surface area contributed by atoms with Gasteiger partial charge in [0.15, 0.2) is 0 Å². The number of hydrogen-bond donors (Lipinski definition) is 2. The molecule has 0 heterocycles. The van der Waals surface area contributed by atoms with Crippen molar-refractivity contribution in [1.29, 1.82) is 0 Å². The van der Waals surface area contributed by atoms with E-state index in [1.165, 1.54) is 22.3 Å². The summed E-state index contributed by atoms with van der Waals surface area (Å²) >= 11 is 0. The quantitative estimate of drug-likeness (QED) is 0.430. The Bertz CT molecular complexity index is 744. The van der Waals surface area contributed by atoms with Crippen molar-refractivity contribution in [2.45, 2.75) is 13.3 Å². The molecule has 0 atom stereocenters. The number of benzene rings is 2. The number of fused-ring (bicyclic) bond motifs is 3. The van der Waals surface area contributed by atoms with Crippen LogP contribution in [0.4, 0.5) is 0 Å². The van der Waals surface area contributed by atoms with Gasteiger partial charge in [0.1, 0.15) is 0 Å². The van der Waals surface area contributed by atoms with Crippen LogP contribution in [0.5, 0.6) is 0 Å². The van der Waals surface area contributed by atoms with Crippen molar-refractivity contribution >= 4 is 11.7 Å². The van der Waals surface area contributed by atoms with E-state index < -0.39 is 0 Å². The first-order chi connectivity index (χ1) is 10.2. The summed E-state index contributed by atoms with van der Waals surface area (Å²) < 4.78 is 0. The van der Waals surface area contributed by atoms with Crippen LogP contribution in [0, 0.1) is 0 Å². The topological polar surface area (TPSA) is 62.8 Å². The summed E-state index contributed by atoms with van der Waals surface area (Å²) in [7, 11) is 1.62. The van der Waals surface area contributed by atoms with Gasteiger partial charge in [-0.05, 0) is 47.2 Å². The standard InChI is InChI=1S/C17H18N4/c1-11(20-21-17(18)19-2)12-7-8-16-14(9-12)10-13-5-3-4-6-15(13)16/h3-9H,10H2,1-2H3,(H3,18,19,21)/b20-11+. The summed E-state index contributed by atoms with van der Waals surface area (Å²) in [5.41, 5.74) is 15.7. The third-order valence-electron chi connectivity index (χ3n) is 3.79. The van der Waals surface area contributed by atoms with E-state index in [2.05, 4.69) is 58.0 Å². The van der Waals surface area contributed by atoms with Crippen LogP contribution in [0.15, 0.2) is 52.6 Å². The van der Waals surface area contributed by atoms with Crippen LogP contribution in [0.1, 0.15) is 23.6 Å². The molecule has 21 heavy (non-hydrogen) atoms. The molecule has 0 spiro atoms. The van der Waals surface area contributed by atoms with E-state index in [1.807, 2.05) is 6.92 Å². The van der Waals surface area contributed by atoms with Crippen LogP contribution in [-0.4, -0.2) is 18.7 Å². The molecule has 0 radical (unpaired) electrons. The summed E-state index contributed by atoms with van der Waals surface area (Å²) in [4.78, 5) is 3.82. The normalized spacial score (nSPS) is 13.8. The molecule has 0 saturated carbocycles. The summed E-state index contributed by atoms with van der Waals surface area (Å²) in [5.74, 6) is 0.308. The molecule has 0 bridgehead atoms. The minimum absolute atomic E-state index is 0.308. The van der Waals surface area contributed by atoms with Crippen molar-refractivity contribution in [2.24, 2.45) is 15.8 Å². The van der Waals surface area contributed by atoms with Gasteiger partial charge >= 0.3 is 0 Å². The van der Waals surface area contributed by atoms with Crippen LogP contribution in [0.3, 0.4) is 0 Å². The Morgan fingerprint density at radius 1 is 1.10 bits per heavy atom. The first kappa shape index (κ1) is 13.4. The van der Waals surface area contributed by atoms with Gasteiger partial charge in [0.2, 0.25) is 5.96 Å². The molecule has 1 aliphatic carbocycles. The molecule has 2 aromatic rings. The number of hydrazone groups is 1. The molecule has 4 nitrogen and oxygen atoms in total. The number of guanidine groups is 1. The predicted molar refractivity (Wildman–Crippen MR) is 87.6 cm³/mol. The summed E-state index contributed by atoms with van der Waals surface area (Å²) in [6.07, 6.45) is 0.985. The lowest BCUT2D eigenvalue weighted by atomic mass is 10.0. The predicted octanol–water partition coefficient (Wildman–Crippen LogP) is 2.52. The Morgan fingerprint density at radius 2 is 1.86 bits per heavy atom. The van der Waals surface area contributed by atoms with Gasteiger partial charge in [-0.3, -0.25) is 4.99 Å². The van der Waals surface area contributed by atoms with Gasteiger partial charge in [-0.15, -0.1) is 0 Å². The molecular weight excluding hydrogens is 260 g/mol. The second-order valence-electron chi connectivity index (χ2n) is 5.12. The van der Waals surface area contributed by atoms with Crippen molar-refractivity contribution in [3.8, 4) is 11.1 Å². The molecule has 1 aliphatic rings. The summed E-state index contributed by atoms with van der Waals surface area (Å²) in [6.45, 7) is 1.96. The lowest BCUT2D eigenvalue weighted by molar-refractivity contribution is 0.997. The first-order valence-corrected chi connectivity index (χ1v) is 6.93. The van der Waals surface area contributed by atoms with Crippen LogP contribution in [0.25, 0.3) is 11.1 Å². The lowest BCUT2D eigenvalue weighted by Gasteiger charge is -2.06. The van der Waals surface area contributed by atoms with Crippen LogP contribution < -0.4 is 11.2 Å². The molecule has 3 rings (SSSR count). The smallest absolute Gasteiger partial charge is 0.209 e. The zero-order valence-electron chi connectivity index (χ0n) is 12.2. The van der Waals surface area contributed by atoms with Crippen molar-refractivity contribution in [2.75, 3.05) is 7.05 Å². The van der Waals surface area contributed by atoms with Crippen LogP contribution >= 0.6 is 0 Å². The molecule has 0 aliphatic heterocycles. The Hall–Kier alpha value is -2.62. The molecular formula is C17H18N4. The maximum Gasteiger partial charge on any atom is 0.209 e. The molecule has 0 saturated heterocycles. The van der Waals surface area contributed by atoms with E-state index in [4.69, 9.17) is 5.73 Å². The molecule has 106 valence electrons. The maximum absolute atomic E-state index is 5.58. The fourth-order valence-electron chi connectivity index (χ4n) is 2.63. The van der Waals surface area contributed by atoms with Crippen molar-refractivity contribution in [3.63, 3.8) is 0 Å². The molecule has 0 amide bonds. The van der Waals surface area contributed by atoms with Crippen LogP contribution in [-0.2, 0) is 6.42 Å². The van der Waals surface area contributed by atoms with E-state index in [9.17, 15) is 0 Å². The molecule has 2 aromatic carbocycles. The Balaban J connectivity index is 1.90. The van der Waals surface area contributed by atoms with Gasteiger partial charge in [-0.2, -0.15) is 5.10 Å². The van der Waals surface area contributed by atoms with Crippen molar-refractivity contribution < 1.29 is 0 Å². The Kier molecular flexibility index (Phi) is 3.44. The second-order valence-corrected chi connectivity index (χ2v) is 5.12. The third-order valence-corrected chi connectivity index (χ3v) is 3.79. The van der Waals surface area contributed by atoms with E-state index in [0.717, 1.165) is 17.7 Å². The van der Waals surface area contributed by atoms with E-state index in [-0.39, 0.29) is 0 Å². The molecule has 4 heteroatoms. The zero-order valence-corrected chi connectivity index (χ0v) is 12.2. The highest BCUT2D eigenvalue weighted by atomic mass is 15.4. The number of rotatable bonds is 2. The fraction of sp³-hybridized carbons (Fsp3) is 0.176. The monoisotopic (exact) mass is 278 g/mol. The molecule has 0 aromatic heterocycles. The highest BCUT2D eigenvalue weighted by Crippen LogP contribution is 2.36. The van der Waals surface area contributed by atoms with Gasteiger partial charge in [0.25, 0.3) is 0 Å².